The van der Waals surface area contributed by atoms with Gasteiger partial charge in [0.1, 0.15) is 0 Å². The first-order valence-corrected chi connectivity index (χ1v) is 7.58. The Morgan fingerprint density at radius 3 is 2.70 bits per heavy atom. The fourth-order valence-electron chi connectivity index (χ4n) is 3.20. The molecule has 1 N–H and O–H groups in total. The highest BCUT2D eigenvalue weighted by atomic mass is 16.2. The van der Waals surface area contributed by atoms with Crippen LogP contribution in [0, 0.1) is 12.8 Å². The summed E-state index contributed by atoms with van der Waals surface area (Å²) in [6, 6.07) is 6.29. The van der Waals surface area contributed by atoms with Crippen LogP contribution < -0.4 is 5.32 Å². The monoisotopic (exact) mass is 274 g/mol. The van der Waals surface area contributed by atoms with Crippen LogP contribution >= 0.6 is 0 Å². The van der Waals surface area contributed by atoms with Gasteiger partial charge in [0.15, 0.2) is 0 Å². The van der Waals surface area contributed by atoms with Crippen molar-refractivity contribution in [2.24, 2.45) is 5.92 Å². The maximum atomic E-state index is 12.6. The number of nitrogens with zero attached hydrogens (tertiary/aromatic N) is 1. The molecule has 1 saturated carbocycles. The molecule has 2 atom stereocenters. The Morgan fingerprint density at radius 1 is 1.35 bits per heavy atom. The van der Waals surface area contributed by atoms with Gasteiger partial charge in [0, 0.05) is 31.4 Å². The van der Waals surface area contributed by atoms with E-state index in [0.717, 1.165) is 35.6 Å². The van der Waals surface area contributed by atoms with E-state index in [4.69, 9.17) is 0 Å². The van der Waals surface area contributed by atoms with Crippen molar-refractivity contribution < 1.29 is 4.79 Å². The Kier molecular flexibility index (Phi) is 4.69. The number of rotatable bonds is 3. The summed E-state index contributed by atoms with van der Waals surface area (Å²) in [6.07, 6.45) is 4.81. The van der Waals surface area contributed by atoms with Crippen LogP contribution in [0.2, 0.25) is 0 Å². The van der Waals surface area contributed by atoms with Crippen LogP contribution in [0.5, 0.6) is 0 Å². The van der Waals surface area contributed by atoms with Gasteiger partial charge in [0.05, 0.1) is 0 Å². The maximum Gasteiger partial charge on any atom is 0.253 e. The number of carbonyl (C=O) groups is 1. The van der Waals surface area contributed by atoms with Crippen molar-refractivity contribution in [1.29, 1.82) is 0 Å². The molecule has 3 nitrogen and oxygen atoms in total. The van der Waals surface area contributed by atoms with Gasteiger partial charge in [0.2, 0.25) is 0 Å². The second-order valence-corrected chi connectivity index (χ2v) is 6.12. The first kappa shape index (κ1) is 14.9. The molecule has 1 aliphatic carbocycles. The topological polar surface area (TPSA) is 32.3 Å². The number of amides is 1. The van der Waals surface area contributed by atoms with Crippen molar-refractivity contribution in [3.63, 3.8) is 0 Å². The average Bonchev–Trinajstić information content (AvgIpc) is 2.45. The SMILES string of the molecule is CNc1ccc(C(=O)N(C)C2CCCC(C)C2)cc1C. The third-order valence-electron chi connectivity index (χ3n) is 4.52. The summed E-state index contributed by atoms with van der Waals surface area (Å²) in [4.78, 5) is 14.6. The second kappa shape index (κ2) is 6.29. The van der Waals surface area contributed by atoms with E-state index in [1.165, 1.54) is 12.8 Å². The lowest BCUT2D eigenvalue weighted by molar-refractivity contribution is 0.0672. The molecule has 0 heterocycles. The number of carbonyl (C=O) groups excluding carboxylic acids is 1. The predicted octanol–water partition coefficient (Wildman–Crippen LogP) is 3.69. The van der Waals surface area contributed by atoms with Crippen molar-refractivity contribution in [3.8, 4) is 0 Å². The Labute approximate surface area is 122 Å². The summed E-state index contributed by atoms with van der Waals surface area (Å²) in [7, 11) is 3.85. The van der Waals surface area contributed by atoms with Crippen molar-refractivity contribution in [3.05, 3.63) is 29.3 Å². The van der Waals surface area contributed by atoms with Gasteiger partial charge in [-0.1, -0.05) is 19.8 Å². The first-order chi connectivity index (χ1) is 9.52. The molecule has 1 aromatic carbocycles. The van der Waals surface area contributed by atoms with Crippen molar-refractivity contribution in [1.82, 2.24) is 4.90 Å². The highest BCUT2D eigenvalue weighted by Gasteiger charge is 2.26. The Balaban J connectivity index is 2.11. The molecular formula is C17H26N2O. The summed E-state index contributed by atoms with van der Waals surface area (Å²) < 4.78 is 0. The lowest BCUT2D eigenvalue weighted by Crippen LogP contribution is -2.39. The molecular weight excluding hydrogens is 248 g/mol. The second-order valence-electron chi connectivity index (χ2n) is 6.12. The van der Waals surface area contributed by atoms with E-state index in [0.29, 0.717) is 6.04 Å². The van der Waals surface area contributed by atoms with Crippen molar-refractivity contribution in [2.45, 2.75) is 45.6 Å². The molecule has 1 amide bonds. The van der Waals surface area contributed by atoms with Gasteiger partial charge >= 0.3 is 0 Å². The predicted molar refractivity (Wildman–Crippen MR) is 84.2 cm³/mol. The summed E-state index contributed by atoms with van der Waals surface area (Å²) in [6.45, 7) is 4.32. The van der Waals surface area contributed by atoms with Crippen LogP contribution in [0.3, 0.4) is 0 Å². The minimum Gasteiger partial charge on any atom is -0.388 e. The van der Waals surface area contributed by atoms with E-state index in [1.807, 2.05) is 44.1 Å². The molecule has 0 saturated heterocycles. The molecule has 3 heteroatoms. The van der Waals surface area contributed by atoms with Crippen molar-refractivity contribution >= 4 is 11.6 Å². The molecule has 0 spiro atoms. The Hall–Kier alpha value is -1.51. The van der Waals surface area contributed by atoms with Gasteiger partial charge in [0.25, 0.3) is 5.91 Å². The van der Waals surface area contributed by atoms with Crippen molar-refractivity contribution in [2.75, 3.05) is 19.4 Å². The minimum absolute atomic E-state index is 0.148. The van der Waals surface area contributed by atoms with E-state index in [1.54, 1.807) is 0 Å². The number of aryl methyl sites for hydroxylation is 1. The molecule has 2 unspecified atom stereocenters. The molecule has 0 aromatic heterocycles. The van der Waals surface area contributed by atoms with E-state index in [9.17, 15) is 4.79 Å². The van der Waals surface area contributed by atoms with Gasteiger partial charge in [-0.25, -0.2) is 0 Å². The number of hydrogen-bond acceptors (Lipinski definition) is 2. The normalized spacial score (nSPS) is 22.4. The minimum atomic E-state index is 0.148. The largest absolute Gasteiger partial charge is 0.388 e. The standard InChI is InChI=1S/C17H26N2O/c1-12-6-5-7-15(10-12)19(4)17(20)14-8-9-16(18-3)13(2)11-14/h8-9,11-12,15,18H,5-7,10H2,1-4H3. The number of benzene rings is 1. The molecule has 110 valence electrons. The van der Waals surface area contributed by atoms with Crippen LogP contribution in [0.25, 0.3) is 0 Å². The summed E-state index contributed by atoms with van der Waals surface area (Å²) >= 11 is 0. The average molecular weight is 274 g/mol. The molecule has 0 aliphatic heterocycles. The van der Waals surface area contributed by atoms with E-state index < -0.39 is 0 Å². The zero-order valence-electron chi connectivity index (χ0n) is 13.1. The molecule has 1 aromatic rings. The molecule has 20 heavy (non-hydrogen) atoms. The van der Waals surface area contributed by atoms with E-state index >= 15 is 0 Å². The first-order valence-electron chi connectivity index (χ1n) is 7.58. The van der Waals surface area contributed by atoms with Gasteiger partial charge in [-0.3, -0.25) is 4.79 Å². The third-order valence-corrected chi connectivity index (χ3v) is 4.52. The molecule has 2 rings (SSSR count). The van der Waals surface area contributed by atoms with Crippen LogP contribution in [-0.4, -0.2) is 30.9 Å². The maximum absolute atomic E-state index is 12.6. The molecule has 0 bridgehead atoms. The highest BCUT2D eigenvalue weighted by Crippen LogP contribution is 2.27. The molecule has 0 radical (unpaired) electrons. The van der Waals surface area contributed by atoms with E-state index in [2.05, 4.69) is 12.2 Å². The zero-order valence-corrected chi connectivity index (χ0v) is 13.1. The Bertz CT molecular complexity index is 484. The number of anilines is 1. The third kappa shape index (κ3) is 3.14. The lowest BCUT2D eigenvalue weighted by Gasteiger charge is -2.34. The van der Waals surface area contributed by atoms with Gasteiger partial charge in [-0.15, -0.1) is 0 Å². The number of hydrogen-bond donors (Lipinski definition) is 1. The van der Waals surface area contributed by atoms with Crippen LogP contribution in [0.15, 0.2) is 18.2 Å². The fourth-order valence-corrected chi connectivity index (χ4v) is 3.20. The summed E-state index contributed by atoms with van der Waals surface area (Å²) in [5, 5.41) is 3.13. The lowest BCUT2D eigenvalue weighted by atomic mass is 9.86. The zero-order chi connectivity index (χ0) is 14.7. The molecule has 1 aliphatic rings. The summed E-state index contributed by atoms with van der Waals surface area (Å²) in [5.41, 5.74) is 2.99. The number of nitrogens with one attached hydrogen (secondary N) is 1. The van der Waals surface area contributed by atoms with Crippen LogP contribution in [0.1, 0.15) is 48.5 Å². The Morgan fingerprint density at radius 2 is 2.10 bits per heavy atom. The van der Waals surface area contributed by atoms with Gasteiger partial charge in [-0.05, 0) is 49.4 Å². The van der Waals surface area contributed by atoms with Crippen LogP contribution in [0.4, 0.5) is 5.69 Å². The fraction of sp³-hybridized carbons (Fsp3) is 0.588. The van der Waals surface area contributed by atoms with Crippen LogP contribution in [-0.2, 0) is 0 Å². The smallest absolute Gasteiger partial charge is 0.253 e. The molecule has 1 fully saturated rings. The van der Waals surface area contributed by atoms with E-state index in [-0.39, 0.29) is 5.91 Å². The highest BCUT2D eigenvalue weighted by molar-refractivity contribution is 5.95. The quantitative estimate of drug-likeness (QED) is 0.911. The van der Waals surface area contributed by atoms with Gasteiger partial charge in [-0.2, -0.15) is 0 Å². The summed E-state index contributed by atoms with van der Waals surface area (Å²) in [5.74, 6) is 0.882. The van der Waals surface area contributed by atoms with Gasteiger partial charge < -0.3 is 10.2 Å².